The summed E-state index contributed by atoms with van der Waals surface area (Å²) in [5, 5.41) is 2.90. The smallest absolute Gasteiger partial charge is 0.255 e. The molecular formula is C26H26N2O2S. The summed E-state index contributed by atoms with van der Waals surface area (Å²) in [4.78, 5) is 26.9. The van der Waals surface area contributed by atoms with Crippen LogP contribution in [0.5, 0.6) is 0 Å². The molecule has 5 heteroatoms. The van der Waals surface area contributed by atoms with Gasteiger partial charge in [0.05, 0.1) is 5.75 Å². The minimum Gasteiger partial charge on any atom is -0.322 e. The number of para-hydroxylation sites is 1. The Morgan fingerprint density at radius 1 is 1.00 bits per heavy atom. The third-order valence-electron chi connectivity index (χ3n) is 5.39. The molecule has 0 aliphatic carbocycles. The van der Waals surface area contributed by atoms with E-state index < -0.39 is 0 Å². The number of benzene rings is 3. The second kappa shape index (κ2) is 9.84. The molecule has 3 aromatic carbocycles. The lowest BCUT2D eigenvalue weighted by atomic mass is 10.1. The number of anilines is 2. The van der Waals surface area contributed by atoms with E-state index in [1.165, 1.54) is 5.56 Å². The van der Waals surface area contributed by atoms with Gasteiger partial charge < -0.3 is 5.32 Å². The predicted molar refractivity (Wildman–Crippen MR) is 129 cm³/mol. The van der Waals surface area contributed by atoms with Gasteiger partial charge in [0.15, 0.2) is 0 Å². The van der Waals surface area contributed by atoms with Crippen molar-refractivity contribution in [2.24, 2.45) is 0 Å². The quantitative estimate of drug-likeness (QED) is 0.496. The fourth-order valence-electron chi connectivity index (χ4n) is 3.68. The van der Waals surface area contributed by atoms with Crippen LogP contribution in [0.15, 0.2) is 78.9 Å². The van der Waals surface area contributed by atoms with Crippen LogP contribution < -0.4 is 10.2 Å². The van der Waals surface area contributed by atoms with Gasteiger partial charge >= 0.3 is 0 Å². The van der Waals surface area contributed by atoms with Gasteiger partial charge in [0, 0.05) is 16.9 Å². The van der Waals surface area contributed by atoms with Gasteiger partial charge in [0.2, 0.25) is 5.91 Å². The zero-order valence-corrected chi connectivity index (χ0v) is 18.4. The van der Waals surface area contributed by atoms with Crippen LogP contribution in [0.2, 0.25) is 0 Å². The van der Waals surface area contributed by atoms with E-state index in [1.807, 2.05) is 83.8 Å². The largest absolute Gasteiger partial charge is 0.322 e. The maximum Gasteiger partial charge on any atom is 0.255 e. The molecule has 0 radical (unpaired) electrons. The van der Waals surface area contributed by atoms with Crippen LogP contribution in [-0.4, -0.2) is 17.6 Å². The molecule has 1 N–H and O–H groups in total. The van der Waals surface area contributed by atoms with Gasteiger partial charge in [0.1, 0.15) is 5.37 Å². The number of aryl methyl sites for hydroxylation is 1. The fourth-order valence-corrected chi connectivity index (χ4v) is 4.85. The molecule has 3 aromatic rings. The summed E-state index contributed by atoms with van der Waals surface area (Å²) >= 11 is 1.62. The zero-order valence-electron chi connectivity index (χ0n) is 17.6. The molecule has 0 bridgehead atoms. The molecule has 4 rings (SSSR count). The van der Waals surface area contributed by atoms with Crippen LogP contribution in [0.3, 0.4) is 0 Å². The highest BCUT2D eigenvalue weighted by Crippen LogP contribution is 2.41. The molecule has 31 heavy (non-hydrogen) atoms. The molecule has 1 heterocycles. The average Bonchev–Trinajstić information content (AvgIpc) is 3.20. The summed E-state index contributed by atoms with van der Waals surface area (Å²) in [5.41, 5.74) is 4.59. The summed E-state index contributed by atoms with van der Waals surface area (Å²) in [6.45, 7) is 2.18. The van der Waals surface area contributed by atoms with Crippen molar-refractivity contribution < 1.29 is 9.59 Å². The summed E-state index contributed by atoms with van der Waals surface area (Å²) in [7, 11) is 0. The van der Waals surface area contributed by atoms with Crippen LogP contribution in [0.4, 0.5) is 11.4 Å². The van der Waals surface area contributed by atoms with E-state index in [2.05, 4.69) is 12.2 Å². The minimum atomic E-state index is -0.119. The standard InChI is InChI=1S/C26H26N2O2S/c1-2-3-7-19-10-12-20(13-11-19)25(30)27-22-16-14-21(15-17-22)26-28(24(29)18-31-26)23-8-5-4-6-9-23/h4-6,8-17,26H,2-3,7,18H2,1H3,(H,27,30). The van der Waals surface area contributed by atoms with Crippen molar-refractivity contribution in [2.45, 2.75) is 31.6 Å². The number of carbonyl (C=O) groups is 2. The van der Waals surface area contributed by atoms with Gasteiger partial charge in [-0.3, -0.25) is 14.5 Å². The normalized spacial score (nSPS) is 15.8. The monoisotopic (exact) mass is 430 g/mol. The first-order valence-electron chi connectivity index (χ1n) is 10.6. The van der Waals surface area contributed by atoms with E-state index >= 15 is 0 Å². The van der Waals surface area contributed by atoms with Crippen molar-refractivity contribution >= 4 is 35.0 Å². The molecule has 1 fully saturated rings. The van der Waals surface area contributed by atoms with Gasteiger partial charge in [-0.25, -0.2) is 0 Å². The van der Waals surface area contributed by atoms with Gasteiger partial charge in [-0.2, -0.15) is 0 Å². The SMILES string of the molecule is CCCCc1ccc(C(=O)Nc2ccc(C3SCC(=O)N3c3ccccc3)cc2)cc1. The maximum atomic E-state index is 12.6. The Labute approximate surface area is 187 Å². The van der Waals surface area contributed by atoms with Crippen LogP contribution >= 0.6 is 11.8 Å². The van der Waals surface area contributed by atoms with Crippen molar-refractivity contribution in [3.63, 3.8) is 0 Å². The Bertz CT molecular complexity index is 1030. The van der Waals surface area contributed by atoms with Crippen LogP contribution in [0.1, 0.15) is 46.6 Å². The van der Waals surface area contributed by atoms with Gasteiger partial charge in [-0.15, -0.1) is 11.8 Å². The molecular weight excluding hydrogens is 404 g/mol. The molecule has 158 valence electrons. The van der Waals surface area contributed by atoms with Crippen molar-refractivity contribution in [1.82, 2.24) is 0 Å². The molecule has 2 amide bonds. The van der Waals surface area contributed by atoms with E-state index in [0.717, 1.165) is 36.2 Å². The minimum absolute atomic E-state index is 0.0599. The number of amides is 2. The zero-order chi connectivity index (χ0) is 21.6. The van der Waals surface area contributed by atoms with E-state index in [0.29, 0.717) is 11.3 Å². The van der Waals surface area contributed by atoms with Crippen molar-refractivity contribution in [3.05, 3.63) is 95.6 Å². The van der Waals surface area contributed by atoms with E-state index in [1.54, 1.807) is 11.8 Å². The van der Waals surface area contributed by atoms with Crippen LogP contribution in [-0.2, 0) is 11.2 Å². The highest BCUT2D eigenvalue weighted by molar-refractivity contribution is 8.00. The highest BCUT2D eigenvalue weighted by Gasteiger charge is 2.33. The molecule has 1 aliphatic heterocycles. The Morgan fingerprint density at radius 3 is 2.39 bits per heavy atom. The van der Waals surface area contributed by atoms with Gasteiger partial charge in [-0.05, 0) is 60.4 Å². The molecule has 1 aliphatic rings. The number of hydrogen-bond donors (Lipinski definition) is 1. The lowest BCUT2D eigenvalue weighted by Crippen LogP contribution is -2.27. The Hall–Kier alpha value is -3.05. The Kier molecular flexibility index (Phi) is 6.73. The van der Waals surface area contributed by atoms with Crippen LogP contribution in [0.25, 0.3) is 0 Å². The first-order valence-corrected chi connectivity index (χ1v) is 11.7. The molecule has 0 aromatic heterocycles. The summed E-state index contributed by atoms with van der Waals surface area (Å²) < 4.78 is 0. The van der Waals surface area contributed by atoms with E-state index in [4.69, 9.17) is 0 Å². The third kappa shape index (κ3) is 5.00. The molecule has 1 atom stereocenters. The number of nitrogens with one attached hydrogen (secondary N) is 1. The predicted octanol–water partition coefficient (Wildman–Crippen LogP) is 6.06. The van der Waals surface area contributed by atoms with Gasteiger partial charge in [-0.1, -0.05) is 55.8 Å². The number of rotatable bonds is 7. The molecule has 0 saturated carbocycles. The topological polar surface area (TPSA) is 49.4 Å². The van der Waals surface area contributed by atoms with E-state index in [9.17, 15) is 9.59 Å². The fraction of sp³-hybridized carbons (Fsp3) is 0.231. The maximum absolute atomic E-state index is 12.6. The second-order valence-electron chi connectivity index (χ2n) is 7.64. The first-order chi connectivity index (χ1) is 15.2. The summed E-state index contributed by atoms with van der Waals surface area (Å²) in [5.74, 6) is 0.457. The molecule has 0 spiro atoms. The van der Waals surface area contributed by atoms with Crippen molar-refractivity contribution in [1.29, 1.82) is 0 Å². The molecule has 1 saturated heterocycles. The number of thioether (sulfide) groups is 1. The molecule has 4 nitrogen and oxygen atoms in total. The number of nitrogens with zero attached hydrogens (tertiary/aromatic N) is 1. The second-order valence-corrected chi connectivity index (χ2v) is 8.71. The molecule has 1 unspecified atom stereocenters. The number of unbranched alkanes of at least 4 members (excludes halogenated alkanes) is 1. The van der Waals surface area contributed by atoms with Crippen LogP contribution in [0, 0.1) is 0 Å². The summed E-state index contributed by atoms with van der Waals surface area (Å²) in [6.07, 6.45) is 3.36. The lowest BCUT2D eigenvalue weighted by Gasteiger charge is -2.24. The van der Waals surface area contributed by atoms with E-state index in [-0.39, 0.29) is 17.2 Å². The third-order valence-corrected chi connectivity index (χ3v) is 6.60. The first kappa shape index (κ1) is 21.2. The Balaban J connectivity index is 1.43. The highest BCUT2D eigenvalue weighted by atomic mass is 32.2. The summed E-state index contributed by atoms with van der Waals surface area (Å²) in [6, 6.07) is 25.3. The van der Waals surface area contributed by atoms with Crippen molar-refractivity contribution in [2.75, 3.05) is 16.0 Å². The van der Waals surface area contributed by atoms with Crippen molar-refractivity contribution in [3.8, 4) is 0 Å². The number of hydrogen-bond acceptors (Lipinski definition) is 3. The Morgan fingerprint density at radius 2 is 1.71 bits per heavy atom. The number of carbonyl (C=O) groups excluding carboxylic acids is 2. The van der Waals surface area contributed by atoms with Gasteiger partial charge in [0.25, 0.3) is 5.91 Å². The average molecular weight is 431 g/mol. The lowest BCUT2D eigenvalue weighted by molar-refractivity contribution is -0.115.